The Hall–Kier alpha value is -2.32. The Morgan fingerprint density at radius 2 is 2.04 bits per heavy atom. The SMILES string of the molecule is CCn1ccc(C(C)NC(=O)C(C)Cn2nc(C(F)(F)F)cc2C2CC2)n1. The van der Waals surface area contributed by atoms with Crippen LogP contribution in [0.2, 0.25) is 0 Å². The van der Waals surface area contributed by atoms with Gasteiger partial charge < -0.3 is 5.32 Å². The predicted octanol–water partition coefficient (Wildman–Crippen LogP) is 3.51. The molecule has 2 heterocycles. The highest BCUT2D eigenvalue weighted by molar-refractivity contribution is 5.78. The summed E-state index contributed by atoms with van der Waals surface area (Å²) in [5, 5.41) is 11.0. The second-order valence-corrected chi connectivity index (χ2v) is 7.14. The third-order valence-electron chi connectivity index (χ3n) is 4.78. The fourth-order valence-corrected chi connectivity index (χ4v) is 2.98. The molecular weight excluding hydrogens is 359 g/mol. The van der Waals surface area contributed by atoms with E-state index in [1.807, 2.05) is 26.1 Å². The van der Waals surface area contributed by atoms with Gasteiger partial charge in [0, 0.05) is 24.4 Å². The molecule has 3 rings (SSSR count). The van der Waals surface area contributed by atoms with Crippen LogP contribution in [0.25, 0.3) is 0 Å². The lowest BCUT2D eigenvalue weighted by Gasteiger charge is -2.17. The molecule has 2 aromatic heterocycles. The fourth-order valence-electron chi connectivity index (χ4n) is 2.98. The molecule has 0 spiro atoms. The van der Waals surface area contributed by atoms with Crippen molar-refractivity contribution in [1.29, 1.82) is 0 Å². The first-order valence-corrected chi connectivity index (χ1v) is 9.17. The van der Waals surface area contributed by atoms with Crippen molar-refractivity contribution >= 4 is 5.91 Å². The number of aromatic nitrogens is 4. The van der Waals surface area contributed by atoms with Crippen molar-refractivity contribution in [2.75, 3.05) is 0 Å². The van der Waals surface area contributed by atoms with Crippen LogP contribution < -0.4 is 5.32 Å². The van der Waals surface area contributed by atoms with E-state index in [1.165, 1.54) is 4.68 Å². The number of amides is 1. The van der Waals surface area contributed by atoms with Crippen LogP contribution in [0.3, 0.4) is 0 Å². The average molecular weight is 383 g/mol. The zero-order chi connectivity index (χ0) is 19.8. The molecule has 6 nitrogen and oxygen atoms in total. The molecule has 1 N–H and O–H groups in total. The largest absolute Gasteiger partial charge is 0.435 e. The maximum atomic E-state index is 13.0. The monoisotopic (exact) mass is 383 g/mol. The van der Waals surface area contributed by atoms with E-state index >= 15 is 0 Å². The number of nitrogens with zero attached hydrogens (tertiary/aromatic N) is 4. The minimum atomic E-state index is -4.48. The molecule has 0 bridgehead atoms. The summed E-state index contributed by atoms with van der Waals surface area (Å²) >= 11 is 0. The number of halogens is 3. The summed E-state index contributed by atoms with van der Waals surface area (Å²) in [6.45, 7) is 6.35. The topological polar surface area (TPSA) is 64.7 Å². The minimum absolute atomic E-state index is 0.112. The second kappa shape index (κ2) is 7.36. The number of carbonyl (C=O) groups excluding carboxylic acids is 1. The van der Waals surface area contributed by atoms with Crippen LogP contribution in [0.1, 0.15) is 62.7 Å². The summed E-state index contributed by atoms with van der Waals surface area (Å²) in [6, 6.07) is 2.68. The van der Waals surface area contributed by atoms with Crippen LogP contribution in [0.15, 0.2) is 18.3 Å². The van der Waals surface area contributed by atoms with Gasteiger partial charge in [0.15, 0.2) is 5.69 Å². The van der Waals surface area contributed by atoms with Crippen molar-refractivity contribution in [3.8, 4) is 0 Å². The third-order valence-corrected chi connectivity index (χ3v) is 4.78. The smallest absolute Gasteiger partial charge is 0.348 e. The Labute approximate surface area is 155 Å². The quantitative estimate of drug-likeness (QED) is 0.796. The molecule has 9 heteroatoms. The summed E-state index contributed by atoms with van der Waals surface area (Å²) in [7, 11) is 0. The number of alkyl halides is 3. The highest BCUT2D eigenvalue weighted by Gasteiger charge is 2.38. The van der Waals surface area contributed by atoms with Crippen LogP contribution in [0, 0.1) is 5.92 Å². The van der Waals surface area contributed by atoms with Gasteiger partial charge in [0.2, 0.25) is 5.91 Å². The van der Waals surface area contributed by atoms with Crippen LogP contribution in [0.4, 0.5) is 13.2 Å². The Kier molecular flexibility index (Phi) is 5.30. The van der Waals surface area contributed by atoms with Crippen LogP contribution in [0.5, 0.6) is 0 Å². The molecule has 1 saturated carbocycles. The maximum Gasteiger partial charge on any atom is 0.435 e. The molecule has 1 aliphatic carbocycles. The number of aryl methyl sites for hydroxylation is 1. The Morgan fingerprint density at radius 3 is 2.59 bits per heavy atom. The molecule has 0 radical (unpaired) electrons. The van der Waals surface area contributed by atoms with Gasteiger partial charge in [0.25, 0.3) is 0 Å². The van der Waals surface area contributed by atoms with Gasteiger partial charge in [-0.1, -0.05) is 6.92 Å². The predicted molar refractivity (Wildman–Crippen MR) is 92.8 cm³/mol. The van der Waals surface area contributed by atoms with Crippen LogP contribution in [-0.4, -0.2) is 25.5 Å². The van der Waals surface area contributed by atoms with Crippen molar-refractivity contribution in [1.82, 2.24) is 24.9 Å². The minimum Gasteiger partial charge on any atom is -0.348 e. The van der Waals surface area contributed by atoms with E-state index in [2.05, 4.69) is 15.5 Å². The first-order chi connectivity index (χ1) is 12.7. The summed E-state index contributed by atoms with van der Waals surface area (Å²) < 4.78 is 42.1. The number of rotatable bonds is 7. The molecule has 1 fully saturated rings. The van der Waals surface area contributed by atoms with Crippen molar-refractivity contribution in [3.63, 3.8) is 0 Å². The standard InChI is InChI=1S/C18H24F3N5O/c1-4-25-8-7-14(23-25)12(3)22-17(27)11(2)10-26-15(13-5-6-13)9-16(24-26)18(19,20)21/h7-9,11-13H,4-6,10H2,1-3H3,(H,22,27). The van der Waals surface area contributed by atoms with E-state index in [4.69, 9.17) is 0 Å². The molecule has 1 aliphatic rings. The van der Waals surface area contributed by atoms with Gasteiger partial charge in [-0.25, -0.2) is 0 Å². The summed E-state index contributed by atoms with van der Waals surface area (Å²) in [4.78, 5) is 12.5. The molecule has 148 valence electrons. The van der Waals surface area contributed by atoms with Crippen molar-refractivity contribution in [2.24, 2.45) is 5.92 Å². The highest BCUT2D eigenvalue weighted by atomic mass is 19.4. The van der Waals surface area contributed by atoms with E-state index in [-0.39, 0.29) is 24.4 Å². The molecule has 0 aromatic carbocycles. The molecule has 0 saturated heterocycles. The Balaban J connectivity index is 1.66. The molecule has 0 aliphatic heterocycles. The van der Waals surface area contributed by atoms with Gasteiger partial charge >= 0.3 is 6.18 Å². The average Bonchev–Trinajstić information content (AvgIpc) is 3.16. The van der Waals surface area contributed by atoms with Gasteiger partial charge in [0.05, 0.1) is 24.2 Å². The number of hydrogen-bond acceptors (Lipinski definition) is 3. The highest BCUT2D eigenvalue weighted by Crippen LogP contribution is 2.42. The summed E-state index contributed by atoms with van der Waals surface area (Å²) in [5.74, 6) is -0.639. The molecule has 2 aromatic rings. The molecule has 2 atom stereocenters. The molecule has 2 unspecified atom stereocenters. The van der Waals surface area contributed by atoms with E-state index in [0.717, 1.165) is 31.1 Å². The van der Waals surface area contributed by atoms with Gasteiger partial charge in [-0.3, -0.25) is 14.2 Å². The fraction of sp³-hybridized carbons (Fsp3) is 0.611. The maximum absolute atomic E-state index is 13.0. The van der Waals surface area contributed by atoms with Crippen LogP contribution in [-0.2, 0) is 24.1 Å². The van der Waals surface area contributed by atoms with Crippen molar-refractivity contribution in [2.45, 2.75) is 64.8 Å². The zero-order valence-corrected chi connectivity index (χ0v) is 15.6. The van der Waals surface area contributed by atoms with Crippen LogP contribution >= 0.6 is 0 Å². The summed E-state index contributed by atoms with van der Waals surface area (Å²) in [6.07, 6.45) is -0.917. The third kappa shape index (κ3) is 4.51. The van der Waals surface area contributed by atoms with Crippen molar-refractivity contribution < 1.29 is 18.0 Å². The number of carbonyl (C=O) groups is 1. The van der Waals surface area contributed by atoms with Gasteiger partial charge in [0.1, 0.15) is 0 Å². The lowest BCUT2D eigenvalue weighted by molar-refractivity contribution is -0.141. The lowest BCUT2D eigenvalue weighted by atomic mass is 10.1. The lowest BCUT2D eigenvalue weighted by Crippen LogP contribution is -2.34. The summed E-state index contributed by atoms with van der Waals surface area (Å²) in [5.41, 5.74) is 0.418. The Bertz CT molecular complexity index is 806. The molecule has 1 amide bonds. The Morgan fingerprint density at radius 1 is 1.33 bits per heavy atom. The second-order valence-electron chi connectivity index (χ2n) is 7.14. The number of hydrogen-bond donors (Lipinski definition) is 1. The van der Waals surface area contributed by atoms with E-state index in [9.17, 15) is 18.0 Å². The zero-order valence-electron chi connectivity index (χ0n) is 15.6. The van der Waals surface area contributed by atoms with Crippen molar-refractivity contribution in [3.05, 3.63) is 35.4 Å². The first kappa shape index (κ1) is 19.4. The normalized spacial score (nSPS) is 17.0. The number of nitrogens with one attached hydrogen (secondary N) is 1. The van der Waals surface area contributed by atoms with E-state index < -0.39 is 17.8 Å². The van der Waals surface area contributed by atoms with Gasteiger partial charge in [-0.2, -0.15) is 23.4 Å². The molecular formula is C18H24F3N5O. The van der Waals surface area contributed by atoms with Gasteiger partial charge in [-0.05, 0) is 38.8 Å². The van der Waals surface area contributed by atoms with Gasteiger partial charge in [-0.15, -0.1) is 0 Å². The van der Waals surface area contributed by atoms with E-state index in [1.54, 1.807) is 11.6 Å². The first-order valence-electron chi connectivity index (χ1n) is 9.17. The molecule has 27 heavy (non-hydrogen) atoms. The van der Waals surface area contributed by atoms with E-state index in [0.29, 0.717) is 5.69 Å².